The molecule has 2 nitrogen and oxygen atoms in total. The van der Waals surface area contributed by atoms with Gasteiger partial charge in [0, 0.05) is 19.2 Å². The van der Waals surface area contributed by atoms with Gasteiger partial charge in [0.15, 0.2) is 0 Å². The normalized spacial score (nSPS) is 20.2. The van der Waals surface area contributed by atoms with E-state index in [1.165, 1.54) is 0 Å². The molecule has 1 aliphatic heterocycles. The molecule has 0 fully saturated rings. The molecule has 0 aliphatic carbocycles. The van der Waals surface area contributed by atoms with Gasteiger partial charge in [-0.3, -0.25) is 0 Å². The van der Waals surface area contributed by atoms with Crippen molar-refractivity contribution in [1.82, 2.24) is 0 Å². The Morgan fingerprint density at radius 2 is 1.79 bits per heavy atom. The zero-order valence-electron chi connectivity index (χ0n) is 9.86. The molecule has 0 amide bonds. The van der Waals surface area contributed by atoms with Crippen molar-refractivity contribution in [2.24, 2.45) is 0 Å². The molecule has 1 N–H and O–H groups in total. The molecule has 1 unspecified atom stereocenters. The molecule has 0 saturated carbocycles. The average molecular weight is 429 g/mol. The fourth-order valence-electron chi connectivity index (χ4n) is 2.26. The molecule has 4 heteroatoms. The number of halogens is 2. The van der Waals surface area contributed by atoms with Crippen LogP contribution in [-0.2, 0) is 5.60 Å². The Labute approximate surface area is 133 Å². The van der Waals surface area contributed by atoms with Gasteiger partial charge >= 0.3 is 0 Å². The van der Waals surface area contributed by atoms with Gasteiger partial charge in [0.1, 0.15) is 17.1 Å². The zero-order valence-corrected chi connectivity index (χ0v) is 13.6. The molecular formula is C15H10BrIO2. The van der Waals surface area contributed by atoms with Gasteiger partial charge in [0.25, 0.3) is 0 Å². The van der Waals surface area contributed by atoms with E-state index in [0.29, 0.717) is 17.1 Å². The van der Waals surface area contributed by atoms with Crippen LogP contribution in [0.1, 0.15) is 11.1 Å². The SMILES string of the molecule is C=CC1(O)c2cc(Br)ccc2Oc2ccc(I)cc21. The monoisotopic (exact) mass is 428 g/mol. The van der Waals surface area contributed by atoms with Gasteiger partial charge in [-0.25, -0.2) is 0 Å². The Morgan fingerprint density at radius 1 is 1.16 bits per heavy atom. The summed E-state index contributed by atoms with van der Waals surface area (Å²) >= 11 is 5.64. The smallest absolute Gasteiger partial charge is 0.140 e. The first-order valence-electron chi connectivity index (χ1n) is 5.68. The van der Waals surface area contributed by atoms with E-state index in [9.17, 15) is 5.11 Å². The summed E-state index contributed by atoms with van der Waals surface area (Å²) in [7, 11) is 0. The van der Waals surface area contributed by atoms with Crippen LogP contribution in [0.2, 0.25) is 0 Å². The molecule has 3 rings (SSSR count). The van der Waals surface area contributed by atoms with Gasteiger partial charge in [0.2, 0.25) is 0 Å². The minimum absolute atomic E-state index is 0.652. The van der Waals surface area contributed by atoms with Crippen LogP contribution in [0.4, 0.5) is 0 Å². The van der Waals surface area contributed by atoms with Crippen LogP contribution in [0.3, 0.4) is 0 Å². The van der Waals surface area contributed by atoms with Crippen LogP contribution in [0.25, 0.3) is 0 Å². The lowest BCUT2D eigenvalue weighted by molar-refractivity contribution is 0.121. The second-order valence-corrected chi connectivity index (χ2v) is 6.51. The summed E-state index contributed by atoms with van der Waals surface area (Å²) in [6.45, 7) is 3.79. The molecule has 96 valence electrons. The van der Waals surface area contributed by atoms with E-state index in [1.54, 1.807) is 6.08 Å². The maximum atomic E-state index is 11.0. The second-order valence-electron chi connectivity index (χ2n) is 4.35. The number of aliphatic hydroxyl groups is 1. The summed E-state index contributed by atoms with van der Waals surface area (Å²) in [6, 6.07) is 11.3. The topological polar surface area (TPSA) is 29.5 Å². The molecule has 0 bridgehead atoms. The van der Waals surface area contributed by atoms with E-state index in [0.717, 1.165) is 13.6 Å². The quantitative estimate of drug-likeness (QED) is 0.532. The Morgan fingerprint density at radius 3 is 2.47 bits per heavy atom. The fraction of sp³-hybridized carbons (Fsp3) is 0.0667. The first kappa shape index (κ1) is 13.1. The van der Waals surface area contributed by atoms with Crippen molar-refractivity contribution in [2.75, 3.05) is 0 Å². The van der Waals surface area contributed by atoms with Crippen molar-refractivity contribution in [3.05, 3.63) is 68.2 Å². The van der Waals surface area contributed by atoms with Crippen LogP contribution < -0.4 is 4.74 Å². The lowest BCUT2D eigenvalue weighted by Crippen LogP contribution is -2.28. The van der Waals surface area contributed by atoms with Gasteiger partial charge in [-0.2, -0.15) is 0 Å². The van der Waals surface area contributed by atoms with E-state index in [1.807, 2.05) is 36.4 Å². The highest BCUT2D eigenvalue weighted by Crippen LogP contribution is 2.48. The molecule has 19 heavy (non-hydrogen) atoms. The molecule has 0 saturated heterocycles. The molecule has 2 aromatic carbocycles. The molecule has 0 aromatic heterocycles. The fourth-order valence-corrected chi connectivity index (χ4v) is 3.11. The standard InChI is InChI=1S/C15H10BrIO2/c1-2-15(18)11-7-9(16)3-5-13(11)19-14-6-4-10(17)8-12(14)15/h2-8,18H,1H2. The first-order chi connectivity index (χ1) is 9.04. The first-order valence-corrected chi connectivity index (χ1v) is 7.55. The van der Waals surface area contributed by atoms with Gasteiger partial charge in [-0.05, 0) is 59.0 Å². The number of ether oxygens (including phenoxy) is 1. The highest BCUT2D eigenvalue weighted by atomic mass is 127. The number of rotatable bonds is 1. The predicted molar refractivity (Wildman–Crippen MR) is 86.6 cm³/mol. The Kier molecular flexibility index (Phi) is 3.19. The van der Waals surface area contributed by atoms with Gasteiger partial charge in [-0.1, -0.05) is 28.6 Å². The zero-order chi connectivity index (χ0) is 13.6. The maximum absolute atomic E-state index is 11.0. The van der Waals surface area contributed by atoms with Gasteiger partial charge in [0.05, 0.1) is 0 Å². The molecular weight excluding hydrogens is 419 g/mol. The van der Waals surface area contributed by atoms with Crippen molar-refractivity contribution in [2.45, 2.75) is 5.60 Å². The maximum Gasteiger partial charge on any atom is 0.140 e. The van der Waals surface area contributed by atoms with Crippen LogP contribution in [0.15, 0.2) is 53.5 Å². The predicted octanol–water partition coefficient (Wildman–Crippen LogP) is 4.58. The Balaban J connectivity index is 2.32. The van der Waals surface area contributed by atoms with Crippen LogP contribution in [-0.4, -0.2) is 5.11 Å². The molecule has 1 aliphatic rings. The summed E-state index contributed by atoms with van der Waals surface area (Å²) in [4.78, 5) is 0. The van der Waals surface area contributed by atoms with Crippen molar-refractivity contribution in [3.8, 4) is 11.5 Å². The third-order valence-corrected chi connectivity index (χ3v) is 4.38. The number of fused-ring (bicyclic) bond motifs is 2. The van der Waals surface area contributed by atoms with Crippen LogP contribution >= 0.6 is 38.5 Å². The van der Waals surface area contributed by atoms with E-state index in [4.69, 9.17) is 4.74 Å². The third kappa shape index (κ3) is 2.02. The summed E-state index contributed by atoms with van der Waals surface area (Å²) in [5, 5.41) is 11.0. The van der Waals surface area contributed by atoms with Crippen molar-refractivity contribution in [3.63, 3.8) is 0 Å². The minimum atomic E-state index is -1.23. The van der Waals surface area contributed by atoms with Crippen molar-refractivity contribution < 1.29 is 9.84 Å². The molecule has 2 aromatic rings. The molecule has 0 spiro atoms. The lowest BCUT2D eigenvalue weighted by Gasteiger charge is -2.33. The average Bonchev–Trinajstić information content (AvgIpc) is 2.41. The third-order valence-electron chi connectivity index (χ3n) is 3.22. The number of benzene rings is 2. The summed E-state index contributed by atoms with van der Waals surface area (Å²) in [5.74, 6) is 1.32. The van der Waals surface area contributed by atoms with Crippen LogP contribution in [0.5, 0.6) is 11.5 Å². The van der Waals surface area contributed by atoms with E-state index >= 15 is 0 Å². The largest absolute Gasteiger partial charge is 0.457 e. The lowest BCUT2D eigenvalue weighted by atomic mass is 9.83. The molecule has 0 radical (unpaired) electrons. The van der Waals surface area contributed by atoms with E-state index < -0.39 is 5.60 Å². The minimum Gasteiger partial charge on any atom is -0.457 e. The Bertz CT molecular complexity index is 630. The summed E-state index contributed by atoms with van der Waals surface area (Å²) in [5.41, 5.74) is 0.194. The second kappa shape index (κ2) is 4.61. The van der Waals surface area contributed by atoms with Crippen molar-refractivity contribution in [1.29, 1.82) is 0 Å². The summed E-state index contributed by atoms with van der Waals surface area (Å²) < 4.78 is 7.79. The highest BCUT2D eigenvalue weighted by Gasteiger charge is 2.38. The van der Waals surface area contributed by atoms with Crippen molar-refractivity contribution >= 4 is 38.5 Å². The van der Waals surface area contributed by atoms with Gasteiger partial charge in [-0.15, -0.1) is 0 Å². The summed E-state index contributed by atoms with van der Waals surface area (Å²) in [6.07, 6.45) is 1.55. The molecule has 1 heterocycles. The van der Waals surface area contributed by atoms with E-state index in [2.05, 4.69) is 45.1 Å². The number of hydrogen-bond acceptors (Lipinski definition) is 2. The van der Waals surface area contributed by atoms with Crippen LogP contribution in [0, 0.1) is 3.57 Å². The van der Waals surface area contributed by atoms with Gasteiger partial charge < -0.3 is 9.84 Å². The highest BCUT2D eigenvalue weighted by molar-refractivity contribution is 14.1. The Hall–Kier alpha value is -0.850. The number of hydrogen-bond donors (Lipinski definition) is 1. The van der Waals surface area contributed by atoms with E-state index in [-0.39, 0.29) is 0 Å². The molecule has 1 atom stereocenters.